The summed E-state index contributed by atoms with van der Waals surface area (Å²) in [5.74, 6) is -0.0247. The molecular weight excluding hydrogens is 971 g/mol. The molecule has 0 aliphatic heterocycles. The Labute approximate surface area is 495 Å². The van der Waals surface area contributed by atoms with Crippen LogP contribution in [0.4, 0.5) is 0 Å². The van der Waals surface area contributed by atoms with E-state index in [4.69, 9.17) is 4.74 Å². The topological polar surface area (TPSA) is 95.9 Å². The Bertz CT molecular complexity index is 1190. The van der Waals surface area contributed by atoms with Crippen LogP contribution < -0.4 is 5.32 Å². The number of rotatable bonds is 69. The molecule has 0 spiro atoms. The molecule has 0 saturated heterocycles. The molecule has 0 heterocycles. The lowest BCUT2D eigenvalue weighted by molar-refractivity contribution is -0.143. The largest absolute Gasteiger partial charge is 0.466 e. The Balaban J connectivity index is 3.38. The van der Waals surface area contributed by atoms with E-state index in [1.54, 1.807) is 0 Å². The van der Waals surface area contributed by atoms with Crippen LogP contribution in [0.1, 0.15) is 418 Å². The van der Waals surface area contributed by atoms with Crippen LogP contribution in [-0.2, 0) is 14.3 Å². The van der Waals surface area contributed by atoms with E-state index in [-0.39, 0.29) is 18.5 Å². The minimum Gasteiger partial charge on any atom is -0.466 e. The fourth-order valence-corrected chi connectivity index (χ4v) is 11.8. The number of carbonyl (C=O) groups excluding carboxylic acids is 2. The fourth-order valence-electron chi connectivity index (χ4n) is 11.8. The van der Waals surface area contributed by atoms with Crippen LogP contribution in [0.3, 0.4) is 0 Å². The molecule has 3 N–H and O–H groups in total. The lowest BCUT2D eigenvalue weighted by Gasteiger charge is -2.22. The number of esters is 1. The molecule has 0 aromatic rings. The van der Waals surface area contributed by atoms with Gasteiger partial charge in [0, 0.05) is 12.8 Å². The molecule has 0 bridgehead atoms. The third kappa shape index (κ3) is 65.6. The van der Waals surface area contributed by atoms with Gasteiger partial charge in [-0.1, -0.05) is 366 Å². The van der Waals surface area contributed by atoms with Crippen LogP contribution in [0.15, 0.2) is 12.2 Å². The number of allylic oxidation sites excluding steroid dienone is 2. The lowest BCUT2D eigenvalue weighted by Crippen LogP contribution is -2.45. The summed E-state index contributed by atoms with van der Waals surface area (Å²) < 4.78 is 5.51. The molecule has 6 nitrogen and oxygen atoms in total. The predicted octanol–water partition coefficient (Wildman–Crippen LogP) is 23.5. The van der Waals surface area contributed by atoms with Crippen molar-refractivity contribution in [3.8, 4) is 0 Å². The Morgan fingerprint density at radius 2 is 0.595 bits per heavy atom. The first-order valence-electron chi connectivity index (χ1n) is 36.4. The molecule has 0 aliphatic carbocycles. The predicted molar refractivity (Wildman–Crippen MR) is 347 cm³/mol. The van der Waals surface area contributed by atoms with Crippen LogP contribution in [0, 0.1) is 0 Å². The van der Waals surface area contributed by atoms with Gasteiger partial charge in [-0.2, -0.15) is 0 Å². The zero-order chi connectivity index (χ0) is 57.1. The van der Waals surface area contributed by atoms with Crippen LogP contribution in [0.25, 0.3) is 0 Å². The first-order chi connectivity index (χ1) is 39.0. The average Bonchev–Trinajstić information content (AvgIpc) is 3.45. The van der Waals surface area contributed by atoms with Crippen molar-refractivity contribution in [1.29, 1.82) is 0 Å². The molecule has 0 aromatic carbocycles. The second kappa shape index (κ2) is 69.1. The molecule has 2 atom stereocenters. The highest BCUT2D eigenvalue weighted by Crippen LogP contribution is 2.19. The summed E-state index contributed by atoms with van der Waals surface area (Å²) in [5, 5.41) is 23.5. The number of ether oxygens (including phenoxy) is 1. The third-order valence-electron chi connectivity index (χ3n) is 17.3. The second-order valence-corrected chi connectivity index (χ2v) is 25.3. The number of hydrogen-bond acceptors (Lipinski definition) is 5. The standard InChI is InChI=1S/C73H143NO5/c1-3-5-7-9-11-13-15-17-19-21-23-24-25-26-27-28-30-33-37-41-45-49-53-57-61-65-71(76)70(69-75)74-72(77)66-62-58-54-50-46-42-38-34-31-32-36-40-44-48-52-56-60-64-68-79-73(78)67-63-59-55-51-47-43-39-35-29-22-20-18-16-14-12-10-8-6-4-2/h18,20,70-71,75-76H,3-17,19,21-69H2,1-2H3,(H,74,77)/b20-18-. The van der Waals surface area contributed by atoms with Crippen molar-refractivity contribution in [2.45, 2.75) is 431 Å². The van der Waals surface area contributed by atoms with Gasteiger partial charge in [0.15, 0.2) is 0 Å². The summed E-state index contributed by atoms with van der Waals surface area (Å²) in [7, 11) is 0. The number of amides is 1. The highest BCUT2D eigenvalue weighted by molar-refractivity contribution is 5.76. The number of hydrogen-bond donors (Lipinski definition) is 3. The van der Waals surface area contributed by atoms with Crippen molar-refractivity contribution in [2.24, 2.45) is 0 Å². The number of aliphatic hydroxyl groups is 2. The number of aliphatic hydroxyl groups excluding tert-OH is 2. The second-order valence-electron chi connectivity index (χ2n) is 25.3. The van der Waals surface area contributed by atoms with Gasteiger partial charge in [-0.25, -0.2) is 0 Å². The maximum absolute atomic E-state index is 12.6. The fraction of sp³-hybridized carbons (Fsp3) is 0.945. The van der Waals surface area contributed by atoms with Crippen LogP contribution in [0.2, 0.25) is 0 Å². The Morgan fingerprint density at radius 1 is 0.342 bits per heavy atom. The minimum atomic E-state index is -0.668. The van der Waals surface area contributed by atoms with E-state index in [9.17, 15) is 19.8 Å². The number of nitrogens with one attached hydrogen (secondary N) is 1. The molecular formula is C73H143NO5. The van der Waals surface area contributed by atoms with Gasteiger partial charge in [0.2, 0.25) is 5.91 Å². The molecule has 79 heavy (non-hydrogen) atoms. The maximum Gasteiger partial charge on any atom is 0.305 e. The molecule has 0 fully saturated rings. The molecule has 470 valence electrons. The summed E-state index contributed by atoms with van der Waals surface area (Å²) in [4.78, 5) is 24.7. The number of carbonyl (C=O) groups is 2. The molecule has 0 aliphatic rings. The molecule has 6 heteroatoms. The summed E-state index contributed by atoms with van der Waals surface area (Å²) in [6.07, 6.45) is 85.4. The van der Waals surface area contributed by atoms with E-state index in [2.05, 4.69) is 31.3 Å². The summed E-state index contributed by atoms with van der Waals surface area (Å²) in [6, 6.07) is -0.546. The SMILES string of the molecule is CCCCCCCC/C=C\CCCCCCCCCCCC(=O)OCCCCCCCCCCCCCCCCCCCCC(=O)NC(CO)C(O)CCCCCCCCCCCCCCCCCCCCCCCCCCC. The van der Waals surface area contributed by atoms with E-state index >= 15 is 0 Å². The van der Waals surface area contributed by atoms with Crippen molar-refractivity contribution >= 4 is 11.9 Å². The third-order valence-corrected chi connectivity index (χ3v) is 17.3. The lowest BCUT2D eigenvalue weighted by atomic mass is 10.0. The van der Waals surface area contributed by atoms with Crippen molar-refractivity contribution in [2.75, 3.05) is 13.2 Å². The minimum absolute atomic E-state index is 0.00863. The van der Waals surface area contributed by atoms with E-state index in [0.717, 1.165) is 44.9 Å². The van der Waals surface area contributed by atoms with Gasteiger partial charge in [0.05, 0.1) is 25.4 Å². The van der Waals surface area contributed by atoms with Crippen molar-refractivity contribution < 1.29 is 24.5 Å². The molecule has 0 rings (SSSR count). The van der Waals surface area contributed by atoms with Gasteiger partial charge in [0.25, 0.3) is 0 Å². The van der Waals surface area contributed by atoms with Gasteiger partial charge in [-0.15, -0.1) is 0 Å². The monoisotopic (exact) mass is 1110 g/mol. The van der Waals surface area contributed by atoms with Gasteiger partial charge >= 0.3 is 5.97 Å². The van der Waals surface area contributed by atoms with Gasteiger partial charge < -0.3 is 20.3 Å². The van der Waals surface area contributed by atoms with Crippen LogP contribution in [0.5, 0.6) is 0 Å². The highest BCUT2D eigenvalue weighted by atomic mass is 16.5. The normalized spacial score (nSPS) is 12.5. The highest BCUT2D eigenvalue weighted by Gasteiger charge is 2.20. The molecule has 2 unspecified atom stereocenters. The summed E-state index contributed by atoms with van der Waals surface area (Å²) in [6.45, 7) is 4.99. The first-order valence-corrected chi connectivity index (χ1v) is 36.4. The molecule has 0 saturated carbocycles. The van der Waals surface area contributed by atoms with Gasteiger partial charge in [-0.3, -0.25) is 9.59 Å². The van der Waals surface area contributed by atoms with Gasteiger partial charge in [-0.05, 0) is 51.4 Å². The van der Waals surface area contributed by atoms with E-state index in [0.29, 0.717) is 25.9 Å². The maximum atomic E-state index is 12.6. The Kier molecular flexibility index (Phi) is 67.9. The van der Waals surface area contributed by atoms with E-state index in [1.807, 2.05) is 0 Å². The van der Waals surface area contributed by atoms with Gasteiger partial charge in [0.1, 0.15) is 0 Å². The first kappa shape index (κ1) is 77.6. The van der Waals surface area contributed by atoms with Crippen LogP contribution in [-0.4, -0.2) is 47.4 Å². The zero-order valence-electron chi connectivity index (χ0n) is 53.9. The average molecular weight is 1110 g/mol. The van der Waals surface area contributed by atoms with Crippen LogP contribution >= 0.6 is 0 Å². The summed E-state index contributed by atoms with van der Waals surface area (Å²) >= 11 is 0. The Morgan fingerprint density at radius 3 is 0.899 bits per heavy atom. The molecule has 0 aromatic heterocycles. The van der Waals surface area contributed by atoms with Crippen molar-refractivity contribution in [3.63, 3.8) is 0 Å². The molecule has 0 radical (unpaired) electrons. The molecule has 1 amide bonds. The van der Waals surface area contributed by atoms with Crippen molar-refractivity contribution in [3.05, 3.63) is 12.2 Å². The number of unbranched alkanes of at least 4 members (excludes halogenated alkanes) is 56. The summed E-state index contributed by atoms with van der Waals surface area (Å²) in [5.41, 5.74) is 0. The smallest absolute Gasteiger partial charge is 0.305 e. The van der Waals surface area contributed by atoms with Crippen molar-refractivity contribution in [1.82, 2.24) is 5.32 Å². The quantitative estimate of drug-likeness (QED) is 0.0320. The Hall–Kier alpha value is -1.40. The van der Waals surface area contributed by atoms with E-state index < -0.39 is 12.1 Å². The zero-order valence-corrected chi connectivity index (χ0v) is 53.9. The van der Waals surface area contributed by atoms with E-state index in [1.165, 1.54) is 340 Å².